The van der Waals surface area contributed by atoms with E-state index in [0.29, 0.717) is 0 Å². The molecule has 15 heavy (non-hydrogen) atoms. The molecule has 1 fully saturated rings. The van der Waals surface area contributed by atoms with Crippen molar-refractivity contribution in [2.45, 2.75) is 44.9 Å². The molecule has 0 aromatic heterocycles. The molecular formula is C13H22N2. The highest BCUT2D eigenvalue weighted by molar-refractivity contribution is 5.79. The number of nitrogens with zero attached hydrogens (tertiary/aromatic N) is 1. The molecule has 0 spiro atoms. The molecule has 0 saturated heterocycles. The minimum Gasteiger partial charge on any atom is -0.397 e. The molecule has 1 aliphatic rings. The van der Waals surface area contributed by atoms with E-state index in [4.69, 9.17) is 5.73 Å². The van der Waals surface area contributed by atoms with Gasteiger partial charge in [-0.2, -0.15) is 0 Å². The molecule has 0 bridgehead atoms. The van der Waals surface area contributed by atoms with Crippen molar-refractivity contribution in [3.05, 3.63) is 23.4 Å². The van der Waals surface area contributed by atoms with Crippen LogP contribution in [0.4, 0.5) is 0 Å². The molecule has 1 rings (SSSR count). The van der Waals surface area contributed by atoms with Crippen LogP contribution in [0.3, 0.4) is 0 Å². The number of rotatable bonds is 1. The molecular weight excluding hydrogens is 184 g/mol. The van der Waals surface area contributed by atoms with Crippen LogP contribution in [0.1, 0.15) is 44.9 Å². The summed E-state index contributed by atoms with van der Waals surface area (Å²) < 4.78 is 0. The highest BCUT2D eigenvalue weighted by Gasteiger charge is 2.09. The van der Waals surface area contributed by atoms with Gasteiger partial charge in [-0.15, -0.1) is 0 Å². The standard InChI is InChI=1S/C13H22N2/c1-11-8-6-4-3-5-7-9-12(11)13(14)10-15-2/h10H,1,3-9,14H2,2H3/b13-12+,15-10?. The Bertz CT molecular complexity index is 274. The minimum absolute atomic E-state index is 0.810. The van der Waals surface area contributed by atoms with Crippen molar-refractivity contribution in [2.75, 3.05) is 7.05 Å². The van der Waals surface area contributed by atoms with Gasteiger partial charge in [0.1, 0.15) is 0 Å². The van der Waals surface area contributed by atoms with Crippen LogP contribution < -0.4 is 5.73 Å². The first-order valence-corrected chi connectivity index (χ1v) is 5.84. The Labute approximate surface area is 93.0 Å². The topological polar surface area (TPSA) is 38.4 Å². The van der Waals surface area contributed by atoms with E-state index in [0.717, 1.165) is 18.5 Å². The number of aliphatic imine (C=N–C) groups is 1. The summed E-state index contributed by atoms with van der Waals surface area (Å²) in [7, 11) is 1.76. The van der Waals surface area contributed by atoms with Gasteiger partial charge in [0.15, 0.2) is 0 Å². The van der Waals surface area contributed by atoms with Gasteiger partial charge in [0, 0.05) is 13.3 Å². The SMILES string of the molecule is C=C1CCCCCCC/C1=C(\N)C=NC. The predicted octanol–water partition coefficient (Wildman–Crippen LogP) is 3.20. The first kappa shape index (κ1) is 12.0. The van der Waals surface area contributed by atoms with E-state index >= 15 is 0 Å². The fraction of sp³-hybridized carbons (Fsp3) is 0.615. The molecule has 0 unspecified atom stereocenters. The summed E-state index contributed by atoms with van der Waals surface area (Å²) in [5.41, 5.74) is 9.26. The van der Waals surface area contributed by atoms with Crippen LogP contribution in [0.5, 0.6) is 0 Å². The maximum Gasteiger partial charge on any atom is 0.0530 e. The molecule has 1 saturated carbocycles. The average Bonchev–Trinajstić information content (AvgIpc) is 2.30. The van der Waals surface area contributed by atoms with Gasteiger partial charge in [0.2, 0.25) is 0 Å². The molecule has 0 aromatic rings. The summed E-state index contributed by atoms with van der Waals surface area (Å²) in [5.74, 6) is 0. The molecule has 0 heterocycles. The quantitative estimate of drug-likeness (QED) is 0.657. The third kappa shape index (κ3) is 3.90. The minimum atomic E-state index is 0.810. The van der Waals surface area contributed by atoms with Gasteiger partial charge in [-0.25, -0.2) is 0 Å². The summed E-state index contributed by atoms with van der Waals surface area (Å²) in [6, 6.07) is 0. The highest BCUT2D eigenvalue weighted by atomic mass is 14.7. The van der Waals surface area contributed by atoms with Gasteiger partial charge in [-0.05, 0) is 36.8 Å². The summed E-state index contributed by atoms with van der Waals surface area (Å²) in [6.07, 6.45) is 10.4. The fourth-order valence-corrected chi connectivity index (χ4v) is 2.06. The van der Waals surface area contributed by atoms with Crippen LogP contribution in [0, 0.1) is 0 Å². The Hall–Kier alpha value is -1.05. The van der Waals surface area contributed by atoms with Crippen LogP contribution in [0.25, 0.3) is 0 Å². The molecule has 1 aliphatic carbocycles. The number of hydrogen-bond donors (Lipinski definition) is 1. The van der Waals surface area contributed by atoms with E-state index in [-0.39, 0.29) is 0 Å². The van der Waals surface area contributed by atoms with E-state index in [1.54, 1.807) is 13.3 Å². The van der Waals surface area contributed by atoms with Crippen LogP contribution in [-0.2, 0) is 0 Å². The lowest BCUT2D eigenvalue weighted by Crippen LogP contribution is -2.06. The van der Waals surface area contributed by atoms with Gasteiger partial charge in [-0.1, -0.05) is 25.8 Å². The largest absolute Gasteiger partial charge is 0.397 e. The Balaban J connectivity index is 2.80. The number of allylic oxidation sites excluding steroid dienone is 3. The highest BCUT2D eigenvalue weighted by Crippen LogP contribution is 2.25. The first-order chi connectivity index (χ1) is 7.25. The van der Waals surface area contributed by atoms with Crippen LogP contribution in [0.2, 0.25) is 0 Å². The summed E-state index contributed by atoms with van der Waals surface area (Å²) in [5, 5.41) is 0. The van der Waals surface area contributed by atoms with Crippen molar-refractivity contribution < 1.29 is 0 Å². The van der Waals surface area contributed by atoms with Gasteiger partial charge in [0.05, 0.1) is 5.70 Å². The molecule has 2 heteroatoms. The fourth-order valence-electron chi connectivity index (χ4n) is 2.06. The van der Waals surface area contributed by atoms with Gasteiger partial charge in [-0.3, -0.25) is 4.99 Å². The molecule has 0 atom stereocenters. The van der Waals surface area contributed by atoms with Gasteiger partial charge < -0.3 is 5.73 Å². The maximum atomic E-state index is 5.99. The van der Waals surface area contributed by atoms with E-state index in [1.165, 1.54) is 43.3 Å². The normalized spacial score (nSPS) is 23.4. The first-order valence-electron chi connectivity index (χ1n) is 5.84. The average molecular weight is 206 g/mol. The van der Waals surface area contributed by atoms with Crippen LogP contribution in [-0.4, -0.2) is 13.3 Å². The van der Waals surface area contributed by atoms with E-state index in [9.17, 15) is 0 Å². The Morgan fingerprint density at radius 3 is 2.47 bits per heavy atom. The summed E-state index contributed by atoms with van der Waals surface area (Å²) >= 11 is 0. The van der Waals surface area contributed by atoms with Crippen molar-refractivity contribution >= 4 is 6.21 Å². The van der Waals surface area contributed by atoms with Crippen LogP contribution in [0.15, 0.2) is 28.4 Å². The van der Waals surface area contributed by atoms with Gasteiger partial charge in [0.25, 0.3) is 0 Å². The summed E-state index contributed by atoms with van der Waals surface area (Å²) in [4.78, 5) is 3.97. The third-order valence-electron chi connectivity index (χ3n) is 2.95. The second-order valence-corrected chi connectivity index (χ2v) is 4.19. The lowest BCUT2D eigenvalue weighted by molar-refractivity contribution is 0.633. The maximum absolute atomic E-state index is 5.99. The van der Waals surface area contributed by atoms with Crippen molar-refractivity contribution in [3.63, 3.8) is 0 Å². The van der Waals surface area contributed by atoms with E-state index in [1.807, 2.05) is 0 Å². The lowest BCUT2D eigenvalue weighted by atomic mass is 9.97. The van der Waals surface area contributed by atoms with E-state index in [2.05, 4.69) is 11.6 Å². The van der Waals surface area contributed by atoms with Gasteiger partial charge >= 0.3 is 0 Å². The van der Waals surface area contributed by atoms with Crippen molar-refractivity contribution in [1.29, 1.82) is 0 Å². The number of hydrogen-bond acceptors (Lipinski definition) is 2. The van der Waals surface area contributed by atoms with Crippen molar-refractivity contribution in [1.82, 2.24) is 0 Å². The Kier molecular flexibility index (Phi) is 5.16. The predicted molar refractivity (Wildman–Crippen MR) is 67.1 cm³/mol. The summed E-state index contributed by atoms with van der Waals surface area (Å²) in [6.45, 7) is 4.14. The molecule has 0 radical (unpaired) electrons. The third-order valence-corrected chi connectivity index (χ3v) is 2.95. The molecule has 0 aliphatic heterocycles. The monoisotopic (exact) mass is 206 g/mol. The zero-order valence-corrected chi connectivity index (χ0v) is 9.76. The lowest BCUT2D eigenvalue weighted by Gasteiger charge is -2.10. The molecule has 0 aromatic carbocycles. The molecule has 2 nitrogen and oxygen atoms in total. The molecule has 0 amide bonds. The number of nitrogens with two attached hydrogens (primary N) is 1. The molecule has 84 valence electrons. The zero-order chi connectivity index (χ0) is 11.1. The van der Waals surface area contributed by atoms with Crippen LogP contribution >= 0.6 is 0 Å². The Morgan fingerprint density at radius 1 is 1.20 bits per heavy atom. The second-order valence-electron chi connectivity index (χ2n) is 4.19. The van der Waals surface area contributed by atoms with Crippen molar-refractivity contribution in [3.8, 4) is 0 Å². The smallest absolute Gasteiger partial charge is 0.0530 e. The van der Waals surface area contributed by atoms with E-state index < -0.39 is 0 Å². The van der Waals surface area contributed by atoms with Crippen molar-refractivity contribution in [2.24, 2.45) is 10.7 Å². The zero-order valence-electron chi connectivity index (χ0n) is 9.76. The second kappa shape index (κ2) is 6.44. The Morgan fingerprint density at radius 2 is 1.80 bits per heavy atom. The molecule has 2 N–H and O–H groups in total.